The lowest BCUT2D eigenvalue weighted by Crippen LogP contribution is -1.92. The van der Waals surface area contributed by atoms with Crippen LogP contribution in [0.4, 0.5) is 0 Å². The molecule has 0 saturated heterocycles. The maximum absolute atomic E-state index is 5.49. The molecular formula is C19H28O. The van der Waals surface area contributed by atoms with Gasteiger partial charge in [-0.05, 0) is 37.3 Å². The van der Waals surface area contributed by atoms with Crippen LogP contribution >= 0.6 is 0 Å². The minimum atomic E-state index is 0.757. The van der Waals surface area contributed by atoms with Gasteiger partial charge in [-0.1, -0.05) is 62.2 Å². The summed E-state index contributed by atoms with van der Waals surface area (Å²) in [6.45, 7) is 3.00. The Morgan fingerprint density at radius 1 is 0.900 bits per heavy atom. The summed E-state index contributed by atoms with van der Waals surface area (Å²) in [6.07, 6.45) is 16.9. The van der Waals surface area contributed by atoms with Crippen LogP contribution in [-0.4, -0.2) is 6.61 Å². The van der Waals surface area contributed by atoms with Gasteiger partial charge in [-0.15, -0.1) is 0 Å². The Hall–Kier alpha value is -1.50. The molecule has 0 aliphatic rings. The van der Waals surface area contributed by atoms with E-state index in [1.54, 1.807) is 0 Å². The number of hydrogen-bond donors (Lipinski definition) is 0. The predicted octanol–water partition coefficient (Wildman–Crippen LogP) is 5.68. The van der Waals surface area contributed by atoms with Gasteiger partial charge in [0.05, 0.1) is 12.9 Å². The molecule has 0 radical (unpaired) electrons. The van der Waals surface area contributed by atoms with E-state index in [1.807, 2.05) is 12.3 Å². The van der Waals surface area contributed by atoms with Crippen LogP contribution in [0.25, 0.3) is 0 Å². The molecule has 0 fully saturated rings. The molecule has 0 aromatic heterocycles. The Morgan fingerprint density at radius 2 is 1.65 bits per heavy atom. The molecule has 0 bridgehead atoms. The maximum Gasteiger partial charge on any atom is 0.0913 e. The number of allylic oxidation sites excluding steroid dienone is 3. The first kappa shape index (κ1) is 16.6. The van der Waals surface area contributed by atoms with E-state index < -0.39 is 0 Å². The van der Waals surface area contributed by atoms with Gasteiger partial charge in [0.1, 0.15) is 0 Å². The third-order valence-electron chi connectivity index (χ3n) is 3.18. The van der Waals surface area contributed by atoms with E-state index in [4.69, 9.17) is 4.74 Å². The Labute approximate surface area is 124 Å². The molecule has 0 N–H and O–H groups in total. The van der Waals surface area contributed by atoms with E-state index >= 15 is 0 Å². The molecule has 1 aromatic carbocycles. The molecule has 0 atom stereocenters. The maximum atomic E-state index is 5.49. The molecule has 0 aliphatic heterocycles. The molecular weight excluding hydrogens is 244 g/mol. The van der Waals surface area contributed by atoms with Crippen LogP contribution in [-0.2, 0) is 11.2 Å². The van der Waals surface area contributed by atoms with Crippen molar-refractivity contribution < 1.29 is 4.74 Å². The first-order valence-corrected chi connectivity index (χ1v) is 7.89. The molecule has 110 valence electrons. The van der Waals surface area contributed by atoms with Crippen molar-refractivity contribution in [2.24, 2.45) is 0 Å². The highest BCUT2D eigenvalue weighted by Crippen LogP contribution is 2.02. The smallest absolute Gasteiger partial charge is 0.0913 e. The van der Waals surface area contributed by atoms with Gasteiger partial charge in [-0.3, -0.25) is 0 Å². The van der Waals surface area contributed by atoms with E-state index in [2.05, 4.69) is 49.4 Å². The predicted molar refractivity (Wildman–Crippen MR) is 87.8 cm³/mol. The fraction of sp³-hybridized carbons (Fsp3) is 0.474. The zero-order chi connectivity index (χ0) is 14.3. The lowest BCUT2D eigenvalue weighted by atomic mass is 10.2. The summed E-state index contributed by atoms with van der Waals surface area (Å²) in [5, 5.41) is 0. The number of hydrogen-bond acceptors (Lipinski definition) is 1. The van der Waals surface area contributed by atoms with Gasteiger partial charge in [-0.2, -0.15) is 0 Å². The molecule has 0 saturated carbocycles. The van der Waals surface area contributed by atoms with Crippen LogP contribution in [0.15, 0.2) is 54.8 Å². The highest BCUT2D eigenvalue weighted by Gasteiger charge is 1.89. The molecule has 0 heterocycles. The van der Waals surface area contributed by atoms with Crippen LogP contribution in [0.2, 0.25) is 0 Å². The summed E-state index contributed by atoms with van der Waals surface area (Å²) in [5.74, 6) is 0. The number of benzene rings is 1. The zero-order valence-electron chi connectivity index (χ0n) is 12.8. The average molecular weight is 272 g/mol. The summed E-state index contributed by atoms with van der Waals surface area (Å²) < 4.78 is 5.49. The first-order valence-electron chi connectivity index (χ1n) is 7.89. The minimum Gasteiger partial charge on any atom is -0.501 e. The Bertz CT molecular complexity index is 365. The standard InChI is InChI=1S/C19H28O/c1-2-3-4-5-6-7-8-9-13-17-20-18-16-19-14-11-10-12-15-19/h6-7,10-15,17H,2-5,8-9,16,18H2,1H3/b7-6+,17-13?. The summed E-state index contributed by atoms with van der Waals surface area (Å²) in [6, 6.07) is 10.4. The van der Waals surface area contributed by atoms with Crippen LogP contribution in [0.5, 0.6) is 0 Å². The number of ether oxygens (including phenoxy) is 1. The third-order valence-corrected chi connectivity index (χ3v) is 3.18. The van der Waals surface area contributed by atoms with Crippen molar-refractivity contribution >= 4 is 0 Å². The van der Waals surface area contributed by atoms with Crippen LogP contribution in [0.1, 0.15) is 51.0 Å². The van der Waals surface area contributed by atoms with Crippen LogP contribution in [0, 0.1) is 0 Å². The van der Waals surface area contributed by atoms with Gasteiger partial charge in [0.25, 0.3) is 0 Å². The van der Waals surface area contributed by atoms with Gasteiger partial charge in [-0.25, -0.2) is 0 Å². The van der Waals surface area contributed by atoms with Crippen molar-refractivity contribution in [3.63, 3.8) is 0 Å². The van der Waals surface area contributed by atoms with Crippen molar-refractivity contribution in [3.05, 3.63) is 60.4 Å². The summed E-state index contributed by atoms with van der Waals surface area (Å²) >= 11 is 0. The lowest BCUT2D eigenvalue weighted by Gasteiger charge is -2.00. The van der Waals surface area contributed by atoms with Crippen molar-refractivity contribution in [1.29, 1.82) is 0 Å². The third kappa shape index (κ3) is 9.43. The van der Waals surface area contributed by atoms with Crippen molar-refractivity contribution in [2.75, 3.05) is 6.61 Å². The Kier molecular flexibility index (Phi) is 10.4. The average Bonchev–Trinajstić information content (AvgIpc) is 2.49. The molecule has 0 unspecified atom stereocenters. The molecule has 0 spiro atoms. The van der Waals surface area contributed by atoms with Gasteiger partial charge >= 0.3 is 0 Å². The summed E-state index contributed by atoms with van der Waals surface area (Å²) in [7, 11) is 0. The molecule has 1 aromatic rings. The molecule has 1 rings (SSSR count). The van der Waals surface area contributed by atoms with E-state index in [9.17, 15) is 0 Å². The zero-order valence-corrected chi connectivity index (χ0v) is 12.8. The number of rotatable bonds is 11. The highest BCUT2D eigenvalue weighted by molar-refractivity contribution is 5.14. The molecule has 1 nitrogen and oxygen atoms in total. The van der Waals surface area contributed by atoms with E-state index in [1.165, 1.54) is 31.2 Å². The van der Waals surface area contributed by atoms with E-state index in [0.717, 1.165) is 25.9 Å². The Morgan fingerprint density at radius 3 is 2.45 bits per heavy atom. The minimum absolute atomic E-state index is 0.757. The largest absolute Gasteiger partial charge is 0.501 e. The van der Waals surface area contributed by atoms with Crippen LogP contribution in [0.3, 0.4) is 0 Å². The van der Waals surface area contributed by atoms with Gasteiger partial charge < -0.3 is 4.74 Å². The second kappa shape index (κ2) is 12.5. The van der Waals surface area contributed by atoms with Crippen molar-refractivity contribution in [1.82, 2.24) is 0 Å². The highest BCUT2D eigenvalue weighted by atomic mass is 16.5. The second-order valence-electron chi connectivity index (χ2n) is 5.02. The van der Waals surface area contributed by atoms with Gasteiger partial charge in [0, 0.05) is 6.42 Å². The molecule has 0 amide bonds. The summed E-state index contributed by atoms with van der Waals surface area (Å²) in [4.78, 5) is 0. The lowest BCUT2D eigenvalue weighted by molar-refractivity contribution is 0.252. The second-order valence-corrected chi connectivity index (χ2v) is 5.02. The summed E-state index contributed by atoms with van der Waals surface area (Å²) in [5.41, 5.74) is 1.33. The number of unbranched alkanes of at least 4 members (excludes halogenated alkanes) is 4. The molecule has 1 heteroatoms. The van der Waals surface area contributed by atoms with Crippen molar-refractivity contribution in [3.8, 4) is 0 Å². The van der Waals surface area contributed by atoms with Gasteiger partial charge in [0.2, 0.25) is 0 Å². The van der Waals surface area contributed by atoms with Gasteiger partial charge in [0.15, 0.2) is 0 Å². The topological polar surface area (TPSA) is 9.23 Å². The quantitative estimate of drug-likeness (QED) is 0.286. The fourth-order valence-corrected chi connectivity index (χ4v) is 1.97. The van der Waals surface area contributed by atoms with E-state index in [0.29, 0.717) is 0 Å². The molecule has 0 aliphatic carbocycles. The monoisotopic (exact) mass is 272 g/mol. The first-order chi connectivity index (χ1) is 9.93. The van der Waals surface area contributed by atoms with Crippen LogP contribution < -0.4 is 0 Å². The fourth-order valence-electron chi connectivity index (χ4n) is 1.97. The van der Waals surface area contributed by atoms with Crippen molar-refractivity contribution in [2.45, 2.75) is 51.9 Å². The Balaban J connectivity index is 1.92. The molecule has 20 heavy (non-hydrogen) atoms. The van der Waals surface area contributed by atoms with E-state index in [-0.39, 0.29) is 0 Å². The SMILES string of the molecule is CCCCC/C=C/CCC=COCCc1ccccc1. The normalized spacial score (nSPS) is 11.4.